The van der Waals surface area contributed by atoms with Gasteiger partial charge in [0.2, 0.25) is 0 Å². The molecule has 0 saturated heterocycles. The van der Waals surface area contributed by atoms with Crippen LogP contribution in [0.5, 0.6) is 5.75 Å². The lowest BCUT2D eigenvalue weighted by Gasteiger charge is -2.26. The van der Waals surface area contributed by atoms with Gasteiger partial charge in [0.15, 0.2) is 11.6 Å². The first kappa shape index (κ1) is 18.6. The van der Waals surface area contributed by atoms with Gasteiger partial charge in [0.05, 0.1) is 11.0 Å². The predicted octanol–water partition coefficient (Wildman–Crippen LogP) is 3.14. The number of non-ortho nitro benzene ring substituents is 1. The second kappa shape index (κ2) is 8.39. The number of nitro benzene ring substituents is 1. The Morgan fingerprint density at radius 2 is 2.00 bits per heavy atom. The fourth-order valence-corrected chi connectivity index (χ4v) is 2.29. The number of nitrogens with zero attached hydrogens (tertiary/aromatic N) is 2. The van der Waals surface area contributed by atoms with Crippen LogP contribution in [-0.2, 0) is 0 Å². The number of rotatable bonds is 8. The summed E-state index contributed by atoms with van der Waals surface area (Å²) in [7, 11) is 0. The van der Waals surface area contributed by atoms with Crippen molar-refractivity contribution >= 4 is 11.4 Å². The molecule has 0 bridgehead atoms. The molecule has 0 aromatic heterocycles. The van der Waals surface area contributed by atoms with Crippen LogP contribution >= 0.6 is 0 Å². The summed E-state index contributed by atoms with van der Waals surface area (Å²) < 4.78 is 31.7. The van der Waals surface area contributed by atoms with Crippen LogP contribution in [0.15, 0.2) is 42.5 Å². The van der Waals surface area contributed by atoms with E-state index in [1.807, 2.05) is 6.92 Å². The van der Waals surface area contributed by atoms with Crippen molar-refractivity contribution in [3.8, 4) is 5.75 Å². The number of aliphatic hydroxyl groups is 1. The molecule has 1 atom stereocenters. The summed E-state index contributed by atoms with van der Waals surface area (Å²) in [5.74, 6) is -1.63. The Kier molecular flexibility index (Phi) is 6.24. The molecular formula is C17H18F2N2O4. The Morgan fingerprint density at radius 3 is 2.64 bits per heavy atom. The molecule has 1 N–H and O–H groups in total. The van der Waals surface area contributed by atoms with Gasteiger partial charge in [-0.15, -0.1) is 0 Å². The second-order valence-electron chi connectivity index (χ2n) is 5.36. The van der Waals surface area contributed by atoms with Gasteiger partial charge in [-0.25, -0.2) is 8.78 Å². The van der Waals surface area contributed by atoms with E-state index in [1.165, 1.54) is 24.3 Å². The molecule has 0 aliphatic heterocycles. The maximum Gasteiger partial charge on any atom is 0.273 e. The molecule has 8 heteroatoms. The highest BCUT2D eigenvalue weighted by atomic mass is 19.2. The molecule has 25 heavy (non-hydrogen) atoms. The van der Waals surface area contributed by atoms with Crippen LogP contribution in [0.4, 0.5) is 20.2 Å². The zero-order chi connectivity index (χ0) is 18.4. The Balaban J connectivity index is 1.95. The molecule has 134 valence electrons. The Bertz CT molecular complexity index is 742. The van der Waals surface area contributed by atoms with Gasteiger partial charge < -0.3 is 14.7 Å². The van der Waals surface area contributed by atoms with E-state index in [0.29, 0.717) is 12.2 Å². The molecule has 0 amide bonds. The minimum absolute atomic E-state index is 0.0959. The molecule has 0 saturated carbocycles. The molecule has 2 aromatic carbocycles. The molecular weight excluding hydrogens is 334 g/mol. The van der Waals surface area contributed by atoms with Crippen molar-refractivity contribution < 1.29 is 23.5 Å². The summed E-state index contributed by atoms with van der Waals surface area (Å²) in [5, 5.41) is 20.8. The van der Waals surface area contributed by atoms with Gasteiger partial charge in [-0.3, -0.25) is 10.1 Å². The van der Waals surface area contributed by atoms with Crippen LogP contribution < -0.4 is 9.64 Å². The summed E-state index contributed by atoms with van der Waals surface area (Å²) in [4.78, 5) is 11.9. The largest absolute Gasteiger partial charge is 0.491 e. The number of anilines is 1. The van der Waals surface area contributed by atoms with Crippen molar-refractivity contribution in [3.63, 3.8) is 0 Å². The van der Waals surface area contributed by atoms with Gasteiger partial charge in [-0.1, -0.05) is 6.07 Å². The molecule has 0 aliphatic carbocycles. The first-order valence-corrected chi connectivity index (χ1v) is 7.66. The molecule has 1 unspecified atom stereocenters. The van der Waals surface area contributed by atoms with Crippen LogP contribution in [0.3, 0.4) is 0 Å². The van der Waals surface area contributed by atoms with E-state index in [9.17, 15) is 24.0 Å². The third-order valence-electron chi connectivity index (χ3n) is 3.55. The summed E-state index contributed by atoms with van der Waals surface area (Å²) in [5.41, 5.74) is 0.333. The van der Waals surface area contributed by atoms with Gasteiger partial charge in [0.1, 0.15) is 18.5 Å². The number of halogens is 2. The highest BCUT2D eigenvalue weighted by molar-refractivity contribution is 5.46. The standard InChI is InChI=1S/C17H18F2N2O4/c1-2-20(12-6-7-16(18)17(19)9-12)10-14(22)11-25-15-5-3-4-13(8-15)21(23)24/h3-9,14,22H,2,10-11H2,1H3. The lowest BCUT2D eigenvalue weighted by Crippen LogP contribution is -2.35. The second-order valence-corrected chi connectivity index (χ2v) is 5.36. The van der Waals surface area contributed by atoms with Gasteiger partial charge in [-0.05, 0) is 25.1 Å². The van der Waals surface area contributed by atoms with Crippen molar-refractivity contribution in [2.45, 2.75) is 13.0 Å². The number of nitro groups is 1. The zero-order valence-corrected chi connectivity index (χ0v) is 13.6. The third-order valence-corrected chi connectivity index (χ3v) is 3.55. The van der Waals surface area contributed by atoms with Crippen molar-refractivity contribution in [1.29, 1.82) is 0 Å². The number of ether oxygens (including phenoxy) is 1. The first-order valence-electron chi connectivity index (χ1n) is 7.66. The third kappa shape index (κ3) is 5.12. The number of hydrogen-bond donors (Lipinski definition) is 1. The van der Waals surface area contributed by atoms with E-state index in [-0.39, 0.29) is 24.6 Å². The Morgan fingerprint density at radius 1 is 1.24 bits per heavy atom. The fraction of sp³-hybridized carbons (Fsp3) is 0.294. The average Bonchev–Trinajstić information content (AvgIpc) is 2.60. The fourth-order valence-electron chi connectivity index (χ4n) is 2.29. The van der Waals surface area contributed by atoms with Crippen molar-refractivity contribution in [3.05, 3.63) is 64.2 Å². The highest BCUT2D eigenvalue weighted by Crippen LogP contribution is 2.20. The highest BCUT2D eigenvalue weighted by Gasteiger charge is 2.14. The predicted molar refractivity (Wildman–Crippen MR) is 88.8 cm³/mol. The lowest BCUT2D eigenvalue weighted by atomic mass is 10.2. The molecule has 6 nitrogen and oxygen atoms in total. The topological polar surface area (TPSA) is 75.8 Å². The van der Waals surface area contributed by atoms with E-state index in [2.05, 4.69) is 0 Å². The monoisotopic (exact) mass is 352 g/mol. The van der Waals surface area contributed by atoms with E-state index in [4.69, 9.17) is 4.74 Å². The molecule has 0 heterocycles. The van der Waals surface area contributed by atoms with Crippen molar-refractivity contribution in [2.24, 2.45) is 0 Å². The Hall–Kier alpha value is -2.74. The maximum atomic E-state index is 13.3. The van der Waals surface area contributed by atoms with E-state index in [0.717, 1.165) is 12.1 Å². The normalized spacial score (nSPS) is 11.8. The minimum Gasteiger partial charge on any atom is -0.491 e. The molecule has 2 rings (SSSR count). The van der Waals surface area contributed by atoms with Crippen LogP contribution in [0.1, 0.15) is 6.92 Å². The number of likely N-dealkylation sites (N-methyl/N-ethyl adjacent to an activating group) is 1. The number of benzene rings is 2. The van der Waals surface area contributed by atoms with Crippen LogP contribution in [0.2, 0.25) is 0 Å². The van der Waals surface area contributed by atoms with Gasteiger partial charge in [-0.2, -0.15) is 0 Å². The van der Waals surface area contributed by atoms with Crippen LogP contribution in [0, 0.1) is 21.7 Å². The van der Waals surface area contributed by atoms with Gasteiger partial charge in [0, 0.05) is 30.9 Å². The molecule has 0 aliphatic rings. The van der Waals surface area contributed by atoms with E-state index >= 15 is 0 Å². The molecule has 0 radical (unpaired) electrons. The maximum absolute atomic E-state index is 13.3. The zero-order valence-electron chi connectivity index (χ0n) is 13.6. The van der Waals surface area contributed by atoms with E-state index in [1.54, 1.807) is 11.0 Å². The Labute approximate surface area is 143 Å². The van der Waals surface area contributed by atoms with Crippen molar-refractivity contribution in [1.82, 2.24) is 0 Å². The smallest absolute Gasteiger partial charge is 0.273 e. The number of hydrogen-bond acceptors (Lipinski definition) is 5. The van der Waals surface area contributed by atoms with Crippen molar-refractivity contribution in [2.75, 3.05) is 24.6 Å². The number of aliphatic hydroxyl groups excluding tert-OH is 1. The SMILES string of the molecule is CCN(CC(O)COc1cccc([N+](=O)[O-])c1)c1ccc(F)c(F)c1. The van der Waals surface area contributed by atoms with E-state index < -0.39 is 22.7 Å². The molecule has 2 aromatic rings. The van der Waals surface area contributed by atoms with Gasteiger partial charge in [0.25, 0.3) is 5.69 Å². The summed E-state index contributed by atoms with van der Waals surface area (Å²) in [6, 6.07) is 9.15. The average molecular weight is 352 g/mol. The molecule has 0 spiro atoms. The van der Waals surface area contributed by atoms with Crippen LogP contribution in [-0.4, -0.2) is 35.8 Å². The van der Waals surface area contributed by atoms with Gasteiger partial charge >= 0.3 is 0 Å². The van der Waals surface area contributed by atoms with Crippen LogP contribution in [0.25, 0.3) is 0 Å². The molecule has 0 fully saturated rings. The quantitative estimate of drug-likeness (QED) is 0.583. The minimum atomic E-state index is -0.960. The summed E-state index contributed by atoms with van der Waals surface area (Å²) >= 11 is 0. The summed E-state index contributed by atoms with van der Waals surface area (Å²) in [6.07, 6.45) is -0.924. The first-order chi connectivity index (χ1) is 11.9. The summed E-state index contributed by atoms with van der Waals surface area (Å²) in [6.45, 7) is 2.33. The lowest BCUT2D eigenvalue weighted by molar-refractivity contribution is -0.384.